The Balaban J connectivity index is 2.12. The minimum atomic E-state index is -2.86. The fraction of sp³-hybridized carbons (Fsp3) is 0.857. The Labute approximate surface area is 67.4 Å². The summed E-state index contributed by atoms with van der Waals surface area (Å²) in [5.41, 5.74) is 0. The van der Waals surface area contributed by atoms with Gasteiger partial charge in [0.05, 0.1) is 5.25 Å². The van der Waals surface area contributed by atoms with Crippen LogP contribution in [-0.2, 0) is 10.0 Å². The van der Waals surface area contributed by atoms with E-state index in [4.69, 9.17) is 0 Å². The summed E-state index contributed by atoms with van der Waals surface area (Å²) in [5.74, 6) is 0. The normalized spacial score (nSPS) is 27.6. The second-order valence-corrected chi connectivity index (χ2v) is 5.39. The molecule has 1 saturated heterocycles. The zero-order chi connectivity index (χ0) is 7.90. The summed E-state index contributed by atoms with van der Waals surface area (Å²) in [7, 11) is -2.86. The van der Waals surface area contributed by atoms with Gasteiger partial charge < -0.3 is 0 Å². The van der Waals surface area contributed by atoms with E-state index in [1.165, 1.54) is 0 Å². The topological polar surface area (TPSA) is 37.4 Å². The van der Waals surface area contributed by atoms with E-state index >= 15 is 0 Å². The van der Waals surface area contributed by atoms with E-state index in [9.17, 15) is 8.42 Å². The van der Waals surface area contributed by atoms with Gasteiger partial charge in [-0.05, 0) is 25.7 Å². The fourth-order valence-corrected chi connectivity index (χ4v) is 3.20. The molecule has 63 valence electrons. The summed E-state index contributed by atoms with van der Waals surface area (Å²) in [5, 5.41) is -0.0333. The quantitative estimate of drug-likeness (QED) is 0.607. The van der Waals surface area contributed by atoms with Gasteiger partial charge in [-0.15, -0.1) is 0 Å². The number of rotatable bonds is 2. The molecule has 0 atom stereocenters. The zero-order valence-electron chi connectivity index (χ0n) is 6.36. The molecule has 0 N–H and O–H groups in total. The first-order valence-electron chi connectivity index (χ1n) is 4.02. The molecule has 1 heterocycles. The molecule has 1 aliphatic carbocycles. The van der Waals surface area contributed by atoms with Crippen LogP contribution in [0.3, 0.4) is 0 Å². The Morgan fingerprint density at radius 1 is 1.36 bits per heavy atom. The van der Waals surface area contributed by atoms with Crippen LogP contribution >= 0.6 is 0 Å². The summed E-state index contributed by atoms with van der Waals surface area (Å²) in [6.07, 6.45) is 4.70. The molecule has 0 aromatic carbocycles. The Kier molecular flexibility index (Phi) is 1.68. The Morgan fingerprint density at radius 3 is 2.55 bits per heavy atom. The van der Waals surface area contributed by atoms with Gasteiger partial charge in [-0.25, -0.2) is 12.7 Å². The third-order valence-corrected chi connectivity index (χ3v) is 4.59. The van der Waals surface area contributed by atoms with Crippen LogP contribution in [-0.4, -0.2) is 31.1 Å². The zero-order valence-corrected chi connectivity index (χ0v) is 7.18. The highest BCUT2D eigenvalue weighted by atomic mass is 32.2. The van der Waals surface area contributed by atoms with Gasteiger partial charge >= 0.3 is 0 Å². The van der Waals surface area contributed by atoms with Gasteiger partial charge in [0.15, 0.2) is 0 Å². The molecule has 3 nitrogen and oxygen atoms in total. The Hall–Kier alpha value is -0.0900. The van der Waals surface area contributed by atoms with Crippen LogP contribution in [0.2, 0.25) is 0 Å². The summed E-state index contributed by atoms with van der Waals surface area (Å²) in [4.78, 5) is 0. The molecule has 1 saturated carbocycles. The van der Waals surface area contributed by atoms with Gasteiger partial charge in [-0.1, -0.05) is 0 Å². The van der Waals surface area contributed by atoms with Crippen molar-refractivity contribution in [3.63, 3.8) is 0 Å². The van der Waals surface area contributed by atoms with Gasteiger partial charge in [0.2, 0.25) is 10.0 Å². The van der Waals surface area contributed by atoms with Gasteiger partial charge in [-0.3, -0.25) is 0 Å². The maximum Gasteiger partial charge on any atom is 0.216 e. The largest absolute Gasteiger partial charge is 0.216 e. The predicted octanol–water partition coefficient (Wildman–Crippen LogP) is 0.389. The lowest BCUT2D eigenvalue weighted by atomic mass is 10.4. The van der Waals surface area contributed by atoms with Crippen molar-refractivity contribution in [3.8, 4) is 0 Å². The van der Waals surface area contributed by atoms with Crippen molar-refractivity contribution in [3.05, 3.63) is 6.42 Å². The lowest BCUT2D eigenvalue weighted by molar-refractivity contribution is 0.480. The second-order valence-electron chi connectivity index (χ2n) is 3.18. The van der Waals surface area contributed by atoms with E-state index in [0.29, 0.717) is 13.1 Å². The number of hydrogen-bond acceptors (Lipinski definition) is 2. The van der Waals surface area contributed by atoms with Crippen LogP contribution in [0, 0.1) is 6.42 Å². The molecule has 0 amide bonds. The maximum absolute atomic E-state index is 11.5. The van der Waals surface area contributed by atoms with Gasteiger partial charge in [0.1, 0.15) is 0 Å². The average Bonchev–Trinajstić information content (AvgIpc) is 2.66. The van der Waals surface area contributed by atoms with E-state index in [0.717, 1.165) is 19.3 Å². The molecule has 0 unspecified atom stereocenters. The highest BCUT2D eigenvalue weighted by Gasteiger charge is 2.40. The van der Waals surface area contributed by atoms with Gasteiger partial charge in [0, 0.05) is 13.1 Å². The molecule has 0 bridgehead atoms. The van der Waals surface area contributed by atoms with E-state index in [1.54, 1.807) is 4.31 Å². The molecule has 0 spiro atoms. The smallest absolute Gasteiger partial charge is 0.212 e. The molecule has 1 radical (unpaired) electrons. The highest BCUT2D eigenvalue weighted by molar-refractivity contribution is 7.90. The van der Waals surface area contributed by atoms with Crippen LogP contribution in [0.4, 0.5) is 0 Å². The van der Waals surface area contributed by atoms with E-state index in [2.05, 4.69) is 0 Å². The summed E-state index contributed by atoms with van der Waals surface area (Å²) in [6.45, 7) is 1.34. The lowest BCUT2D eigenvalue weighted by Crippen LogP contribution is -2.30. The second kappa shape index (κ2) is 2.45. The lowest BCUT2D eigenvalue weighted by Gasteiger charge is -2.13. The number of hydrogen-bond donors (Lipinski definition) is 0. The molecule has 2 rings (SSSR count). The van der Waals surface area contributed by atoms with Crippen LogP contribution in [0.15, 0.2) is 0 Å². The molecule has 0 aromatic heterocycles. The fourth-order valence-electron chi connectivity index (χ4n) is 1.37. The van der Waals surface area contributed by atoms with Gasteiger partial charge in [0.25, 0.3) is 0 Å². The summed E-state index contributed by atoms with van der Waals surface area (Å²) >= 11 is 0. The molecular formula is C7H12NO2S. The standard InChI is InChI=1S/C7H12NO2S/c9-11(10,7-3-4-7)8-5-1-2-6-8/h1,7H,2-6H2. The van der Waals surface area contributed by atoms with Crippen molar-refractivity contribution in [1.82, 2.24) is 4.31 Å². The summed E-state index contributed by atoms with van der Waals surface area (Å²) in [6, 6.07) is 0. The third kappa shape index (κ3) is 1.29. The van der Waals surface area contributed by atoms with E-state index in [1.807, 2.05) is 6.42 Å². The number of sulfonamides is 1. The monoisotopic (exact) mass is 174 g/mol. The SMILES string of the molecule is O=S(=O)(C1CC1)N1C[CH]CC1. The summed E-state index contributed by atoms with van der Waals surface area (Å²) < 4.78 is 24.6. The highest BCUT2D eigenvalue weighted by Crippen LogP contribution is 2.32. The minimum absolute atomic E-state index is 0.0333. The van der Waals surface area contributed by atoms with Crippen molar-refractivity contribution in [2.45, 2.75) is 24.5 Å². The first kappa shape index (κ1) is 7.55. The minimum Gasteiger partial charge on any atom is -0.212 e. The molecule has 2 fully saturated rings. The predicted molar refractivity (Wildman–Crippen MR) is 42.4 cm³/mol. The average molecular weight is 174 g/mol. The molecule has 2 aliphatic rings. The molecule has 0 aromatic rings. The van der Waals surface area contributed by atoms with Crippen LogP contribution < -0.4 is 0 Å². The molecular weight excluding hydrogens is 162 g/mol. The first-order valence-corrected chi connectivity index (χ1v) is 5.52. The van der Waals surface area contributed by atoms with Crippen LogP contribution in [0.25, 0.3) is 0 Å². The van der Waals surface area contributed by atoms with Gasteiger partial charge in [-0.2, -0.15) is 0 Å². The van der Waals surface area contributed by atoms with Crippen molar-refractivity contribution >= 4 is 10.0 Å². The Morgan fingerprint density at radius 2 is 2.09 bits per heavy atom. The van der Waals surface area contributed by atoms with E-state index < -0.39 is 10.0 Å². The molecule has 11 heavy (non-hydrogen) atoms. The third-order valence-electron chi connectivity index (χ3n) is 2.22. The van der Waals surface area contributed by atoms with Crippen LogP contribution in [0.1, 0.15) is 19.3 Å². The maximum atomic E-state index is 11.5. The van der Waals surface area contributed by atoms with Crippen LogP contribution in [0.5, 0.6) is 0 Å². The Bertz CT molecular complexity index is 237. The van der Waals surface area contributed by atoms with E-state index in [-0.39, 0.29) is 5.25 Å². The van der Waals surface area contributed by atoms with Crippen molar-refractivity contribution < 1.29 is 8.42 Å². The van der Waals surface area contributed by atoms with Crippen molar-refractivity contribution in [2.75, 3.05) is 13.1 Å². The van der Waals surface area contributed by atoms with Crippen molar-refractivity contribution in [1.29, 1.82) is 0 Å². The number of nitrogens with zero attached hydrogens (tertiary/aromatic N) is 1. The first-order chi connectivity index (χ1) is 5.21. The molecule has 1 aliphatic heterocycles. The molecule has 4 heteroatoms. The van der Waals surface area contributed by atoms with Crippen molar-refractivity contribution in [2.24, 2.45) is 0 Å².